The number of carbonyl (C=O) groups excluding carboxylic acids is 1. The molecular formula is C24H24FN5O4. The summed E-state index contributed by atoms with van der Waals surface area (Å²) in [6.45, 7) is 7.51. The maximum absolute atomic E-state index is 14.7. The van der Waals surface area contributed by atoms with Gasteiger partial charge in [-0.05, 0) is 52.0 Å². The van der Waals surface area contributed by atoms with Crippen LogP contribution in [0.15, 0.2) is 53.5 Å². The lowest BCUT2D eigenvalue weighted by Crippen LogP contribution is -2.24. The van der Waals surface area contributed by atoms with E-state index >= 15 is 0 Å². The smallest absolute Gasteiger partial charge is 0.257 e. The van der Waals surface area contributed by atoms with Crippen molar-refractivity contribution in [3.8, 4) is 28.6 Å². The molecule has 176 valence electrons. The van der Waals surface area contributed by atoms with Crippen LogP contribution in [-0.4, -0.2) is 31.4 Å². The zero-order chi connectivity index (χ0) is 24.5. The van der Waals surface area contributed by atoms with Crippen LogP contribution in [0, 0.1) is 12.7 Å². The van der Waals surface area contributed by atoms with Gasteiger partial charge in [0.25, 0.3) is 5.91 Å². The quantitative estimate of drug-likeness (QED) is 0.420. The van der Waals surface area contributed by atoms with Gasteiger partial charge in [-0.2, -0.15) is 10.1 Å². The van der Waals surface area contributed by atoms with Gasteiger partial charge in [0.05, 0.1) is 5.56 Å². The van der Waals surface area contributed by atoms with Gasteiger partial charge in [-0.3, -0.25) is 9.48 Å². The standard InChI is InChI=1S/C24H24FN5O4/c1-14-19(33-16-6-7-17(18(25)12-16)22-26-13-32-29-22)10-15(11-20(14)34-24(2,3)4)23(31)27-21-8-9-30(5)28-21/h6-13H,1-5H3,(H,27,28,31). The van der Waals surface area contributed by atoms with Crippen LogP contribution >= 0.6 is 0 Å². The van der Waals surface area contributed by atoms with E-state index in [-0.39, 0.29) is 23.0 Å². The van der Waals surface area contributed by atoms with Gasteiger partial charge in [0, 0.05) is 36.5 Å². The summed E-state index contributed by atoms with van der Waals surface area (Å²) in [5.41, 5.74) is 0.621. The Bertz CT molecular complexity index is 1330. The highest BCUT2D eigenvalue weighted by Crippen LogP contribution is 2.36. The minimum absolute atomic E-state index is 0.134. The number of anilines is 1. The van der Waals surface area contributed by atoms with E-state index in [1.165, 1.54) is 12.1 Å². The molecule has 34 heavy (non-hydrogen) atoms. The zero-order valence-corrected chi connectivity index (χ0v) is 19.4. The van der Waals surface area contributed by atoms with Gasteiger partial charge in [-0.15, -0.1) is 0 Å². The van der Waals surface area contributed by atoms with E-state index in [4.69, 9.17) is 9.47 Å². The minimum atomic E-state index is -0.577. The first-order valence-electron chi connectivity index (χ1n) is 10.5. The molecule has 2 aromatic carbocycles. The third kappa shape index (κ3) is 5.22. The van der Waals surface area contributed by atoms with Crippen LogP contribution in [0.25, 0.3) is 11.4 Å². The fourth-order valence-corrected chi connectivity index (χ4v) is 3.16. The van der Waals surface area contributed by atoms with Crippen LogP contribution in [-0.2, 0) is 7.05 Å². The molecule has 0 bridgehead atoms. The van der Waals surface area contributed by atoms with E-state index < -0.39 is 11.4 Å². The molecule has 0 aliphatic heterocycles. The number of benzene rings is 2. The van der Waals surface area contributed by atoms with Crippen LogP contribution in [0.1, 0.15) is 36.7 Å². The number of hydrogen-bond acceptors (Lipinski definition) is 7. The number of nitrogens with zero attached hydrogens (tertiary/aromatic N) is 4. The number of amides is 1. The molecule has 2 aromatic heterocycles. The molecule has 0 aliphatic carbocycles. The molecule has 0 spiro atoms. The fraction of sp³-hybridized carbons (Fsp3) is 0.250. The Balaban J connectivity index is 1.67. The summed E-state index contributed by atoms with van der Waals surface area (Å²) in [5.74, 6) is 0.631. The minimum Gasteiger partial charge on any atom is -0.488 e. The predicted molar refractivity (Wildman–Crippen MR) is 122 cm³/mol. The maximum atomic E-state index is 14.7. The second-order valence-corrected chi connectivity index (χ2v) is 8.64. The molecule has 0 atom stereocenters. The van der Waals surface area contributed by atoms with Crippen molar-refractivity contribution in [2.24, 2.45) is 7.05 Å². The Hall–Kier alpha value is -4.21. The normalized spacial score (nSPS) is 11.4. The molecule has 4 rings (SSSR count). The molecular weight excluding hydrogens is 441 g/mol. The Labute approximate surface area is 195 Å². The summed E-state index contributed by atoms with van der Waals surface area (Å²) < 4.78 is 33.0. The molecule has 0 saturated carbocycles. The summed E-state index contributed by atoms with van der Waals surface area (Å²) in [4.78, 5) is 16.8. The molecule has 10 heteroatoms. The first-order valence-corrected chi connectivity index (χ1v) is 10.5. The van der Waals surface area contributed by atoms with Crippen molar-refractivity contribution in [3.05, 3.63) is 65.9 Å². The molecule has 4 aromatic rings. The number of halogens is 1. The van der Waals surface area contributed by atoms with E-state index in [2.05, 4.69) is 25.1 Å². The zero-order valence-electron chi connectivity index (χ0n) is 19.4. The van der Waals surface area contributed by atoms with Crippen LogP contribution < -0.4 is 14.8 Å². The fourth-order valence-electron chi connectivity index (χ4n) is 3.16. The largest absolute Gasteiger partial charge is 0.488 e. The average molecular weight is 465 g/mol. The van der Waals surface area contributed by atoms with Gasteiger partial charge in [0.1, 0.15) is 28.7 Å². The first-order chi connectivity index (χ1) is 16.1. The van der Waals surface area contributed by atoms with Crippen LogP contribution in [0.5, 0.6) is 17.2 Å². The van der Waals surface area contributed by atoms with E-state index in [1.807, 2.05) is 20.8 Å². The van der Waals surface area contributed by atoms with Gasteiger partial charge < -0.3 is 19.3 Å². The summed E-state index contributed by atoms with van der Waals surface area (Å²) in [6.07, 6.45) is 2.85. The Morgan fingerprint density at radius 1 is 1.15 bits per heavy atom. The Morgan fingerprint density at radius 3 is 2.53 bits per heavy atom. The first kappa shape index (κ1) is 23.0. The summed E-state index contributed by atoms with van der Waals surface area (Å²) >= 11 is 0. The van der Waals surface area contributed by atoms with Crippen LogP contribution in [0.4, 0.5) is 10.2 Å². The SMILES string of the molecule is Cc1c(Oc2ccc(-c3ncon3)c(F)c2)cc(C(=O)Nc2ccn(C)n2)cc1OC(C)(C)C. The van der Waals surface area contributed by atoms with Crippen molar-refractivity contribution in [1.29, 1.82) is 0 Å². The highest BCUT2D eigenvalue weighted by molar-refractivity contribution is 6.04. The van der Waals surface area contributed by atoms with Gasteiger partial charge in [0.15, 0.2) is 5.82 Å². The van der Waals surface area contributed by atoms with E-state index in [0.29, 0.717) is 28.4 Å². The van der Waals surface area contributed by atoms with Gasteiger partial charge in [-0.25, -0.2) is 4.39 Å². The lowest BCUT2D eigenvalue weighted by molar-refractivity contribution is 0.102. The highest BCUT2D eigenvalue weighted by Gasteiger charge is 2.20. The molecule has 0 radical (unpaired) electrons. The molecule has 1 amide bonds. The van der Waals surface area contributed by atoms with Crippen molar-refractivity contribution in [2.45, 2.75) is 33.3 Å². The molecule has 0 aliphatic rings. The lowest BCUT2D eigenvalue weighted by Gasteiger charge is -2.24. The molecule has 2 heterocycles. The summed E-state index contributed by atoms with van der Waals surface area (Å²) in [5, 5.41) is 10.6. The topological polar surface area (TPSA) is 104 Å². The number of aryl methyl sites for hydroxylation is 1. The summed E-state index contributed by atoms with van der Waals surface area (Å²) in [7, 11) is 1.76. The second-order valence-electron chi connectivity index (χ2n) is 8.64. The van der Waals surface area contributed by atoms with Crippen molar-refractivity contribution in [1.82, 2.24) is 19.9 Å². The van der Waals surface area contributed by atoms with Gasteiger partial charge in [0.2, 0.25) is 12.2 Å². The van der Waals surface area contributed by atoms with E-state index in [1.54, 1.807) is 49.1 Å². The lowest BCUT2D eigenvalue weighted by atomic mass is 10.1. The number of carbonyl (C=O) groups is 1. The van der Waals surface area contributed by atoms with E-state index in [9.17, 15) is 9.18 Å². The molecule has 0 saturated heterocycles. The van der Waals surface area contributed by atoms with Crippen molar-refractivity contribution in [2.75, 3.05) is 5.32 Å². The Morgan fingerprint density at radius 2 is 1.91 bits per heavy atom. The van der Waals surface area contributed by atoms with Crippen molar-refractivity contribution in [3.63, 3.8) is 0 Å². The maximum Gasteiger partial charge on any atom is 0.257 e. The predicted octanol–water partition coefficient (Wildman–Crippen LogP) is 5.14. The van der Waals surface area contributed by atoms with Gasteiger partial charge in [-0.1, -0.05) is 5.16 Å². The molecule has 0 unspecified atom stereocenters. The number of hydrogen-bond donors (Lipinski definition) is 1. The van der Waals surface area contributed by atoms with Gasteiger partial charge >= 0.3 is 0 Å². The average Bonchev–Trinajstić information content (AvgIpc) is 3.42. The second kappa shape index (κ2) is 8.97. The number of aromatic nitrogens is 4. The number of rotatable bonds is 6. The molecule has 9 nitrogen and oxygen atoms in total. The molecule has 1 N–H and O–H groups in total. The van der Waals surface area contributed by atoms with Crippen LogP contribution in [0.3, 0.4) is 0 Å². The molecule has 0 fully saturated rings. The third-order valence-corrected chi connectivity index (χ3v) is 4.72. The Kier molecular flexibility index (Phi) is 6.06. The van der Waals surface area contributed by atoms with Crippen molar-refractivity contribution < 1.29 is 23.2 Å². The number of nitrogens with one attached hydrogen (secondary N) is 1. The third-order valence-electron chi connectivity index (χ3n) is 4.72. The van der Waals surface area contributed by atoms with Crippen molar-refractivity contribution >= 4 is 11.7 Å². The highest BCUT2D eigenvalue weighted by atomic mass is 19.1. The number of ether oxygens (including phenoxy) is 2. The monoisotopic (exact) mass is 465 g/mol. The summed E-state index contributed by atoms with van der Waals surface area (Å²) in [6, 6.07) is 9.20. The van der Waals surface area contributed by atoms with Crippen LogP contribution in [0.2, 0.25) is 0 Å². The van der Waals surface area contributed by atoms with E-state index in [0.717, 1.165) is 6.39 Å².